The van der Waals surface area contributed by atoms with Crippen LogP contribution in [0.25, 0.3) is 15.9 Å². The lowest BCUT2D eigenvalue weighted by atomic mass is 10.2. The highest BCUT2D eigenvalue weighted by Gasteiger charge is 2.41. The second-order valence-electron chi connectivity index (χ2n) is 9.12. The van der Waals surface area contributed by atoms with Crippen molar-refractivity contribution in [2.24, 2.45) is 4.99 Å². The molecule has 0 aromatic carbocycles. The number of ether oxygens (including phenoxy) is 1. The Balaban J connectivity index is 1.89. The molecule has 198 valence electrons. The van der Waals surface area contributed by atoms with Crippen LogP contribution in [0.15, 0.2) is 16.0 Å². The Kier molecular flexibility index (Phi) is 9.36. The van der Waals surface area contributed by atoms with Crippen LogP contribution in [0.2, 0.25) is 0 Å². The third-order valence-corrected chi connectivity index (χ3v) is 7.51. The van der Waals surface area contributed by atoms with Gasteiger partial charge in [-0.3, -0.25) is 9.78 Å². The SMILES string of the molecule is [3H]OC[C@H]1O[C@@H](n2ncc3c(=O)[nH]c(/N=C/N(C)C)nc32)C[C@H]1OP(OCC[N+]#[C-])N(C(C)C)C(C)C. The summed E-state index contributed by atoms with van der Waals surface area (Å²) < 4.78 is 29.7. The molecule has 0 bridgehead atoms. The van der Waals surface area contributed by atoms with Gasteiger partial charge in [-0.15, -0.1) is 0 Å². The summed E-state index contributed by atoms with van der Waals surface area (Å²) in [4.78, 5) is 29.0. The van der Waals surface area contributed by atoms with Gasteiger partial charge in [0, 0.05) is 32.6 Å². The van der Waals surface area contributed by atoms with Crippen molar-refractivity contribution >= 4 is 31.8 Å². The van der Waals surface area contributed by atoms with Crippen molar-refractivity contribution in [3.05, 3.63) is 28.0 Å². The number of aromatic nitrogens is 4. The molecule has 2 aromatic rings. The lowest BCUT2D eigenvalue weighted by Crippen LogP contribution is -2.36. The van der Waals surface area contributed by atoms with Crippen LogP contribution >= 0.6 is 8.53 Å². The summed E-state index contributed by atoms with van der Waals surface area (Å²) in [6, 6.07) is 0.269. The molecule has 1 fully saturated rings. The van der Waals surface area contributed by atoms with Crippen molar-refractivity contribution in [2.75, 3.05) is 33.9 Å². The second-order valence-corrected chi connectivity index (χ2v) is 10.5. The van der Waals surface area contributed by atoms with E-state index in [4.69, 9.17) is 21.8 Å². The zero-order chi connectivity index (χ0) is 27.1. The quantitative estimate of drug-likeness (QED) is 0.133. The summed E-state index contributed by atoms with van der Waals surface area (Å²) in [7, 11) is 2.10. The van der Waals surface area contributed by atoms with Gasteiger partial charge in [0.05, 0.1) is 25.2 Å². The lowest BCUT2D eigenvalue weighted by molar-refractivity contribution is -0.0450. The van der Waals surface area contributed by atoms with Crippen molar-refractivity contribution in [1.82, 2.24) is 29.3 Å². The molecule has 3 heterocycles. The van der Waals surface area contributed by atoms with Gasteiger partial charge in [-0.05, 0) is 27.7 Å². The number of nitrogens with one attached hydrogen (secondary N) is 1. The minimum atomic E-state index is -1.53. The van der Waals surface area contributed by atoms with E-state index in [0.717, 1.165) is 0 Å². The highest BCUT2D eigenvalue weighted by molar-refractivity contribution is 7.44. The lowest BCUT2D eigenvalue weighted by Gasteiger charge is -2.37. The number of aliphatic imine (C=N–C) groups is 1. The summed E-state index contributed by atoms with van der Waals surface area (Å²) in [5, 5.41) is 9.35. The number of aromatic amines is 1. The summed E-state index contributed by atoms with van der Waals surface area (Å²) in [5.41, 5.74) is -0.0346. The van der Waals surface area contributed by atoms with Crippen LogP contribution in [0, 0.1) is 6.57 Å². The van der Waals surface area contributed by atoms with Gasteiger partial charge in [0.15, 0.2) is 11.9 Å². The highest BCUT2D eigenvalue weighted by Crippen LogP contribution is 2.49. The maximum Gasteiger partial charge on any atom is 0.263 e. The molecule has 1 aliphatic rings. The van der Waals surface area contributed by atoms with Crippen LogP contribution < -0.4 is 5.56 Å². The highest BCUT2D eigenvalue weighted by atomic mass is 31.2. The van der Waals surface area contributed by atoms with E-state index in [1.54, 1.807) is 4.90 Å². The molecule has 4 atom stereocenters. The van der Waals surface area contributed by atoms with Crippen molar-refractivity contribution in [3.63, 3.8) is 0 Å². The molecule has 1 saturated heterocycles. The van der Waals surface area contributed by atoms with E-state index in [2.05, 4.69) is 62.4 Å². The number of aliphatic hydroxyl groups is 1. The van der Waals surface area contributed by atoms with Crippen LogP contribution in [0.5, 0.6) is 0 Å². The molecule has 1 aliphatic heterocycles. The third-order valence-electron chi connectivity index (χ3n) is 5.36. The number of rotatable bonds is 13. The Bertz CT molecular complexity index is 1140. The fourth-order valence-corrected chi connectivity index (χ4v) is 5.63. The van der Waals surface area contributed by atoms with Gasteiger partial charge in [-0.25, -0.2) is 20.9 Å². The Morgan fingerprint density at radius 1 is 1.47 bits per heavy atom. The van der Waals surface area contributed by atoms with Crippen molar-refractivity contribution < 1.29 is 18.9 Å². The topological polar surface area (TPSA) is 135 Å². The van der Waals surface area contributed by atoms with Crippen LogP contribution in [-0.2, 0) is 13.8 Å². The molecule has 0 amide bonds. The first kappa shape index (κ1) is 26.6. The number of aliphatic hydroxyl groups excluding tert-OH is 1. The Morgan fingerprint density at radius 3 is 2.86 bits per heavy atom. The molecular weight excluding hydrogens is 487 g/mol. The third kappa shape index (κ3) is 6.64. The monoisotopic (exact) mass is 524 g/mol. The minimum absolute atomic E-state index is 0.0264. The second kappa shape index (κ2) is 12.7. The maximum absolute atomic E-state index is 12.6. The van der Waals surface area contributed by atoms with Gasteiger partial charge in [0.25, 0.3) is 14.1 Å². The average molecular weight is 525 g/mol. The number of fused-ring (bicyclic) bond motifs is 1. The normalized spacial score (nSPS) is 21.7. The molecule has 1 unspecified atom stereocenters. The largest absolute Gasteiger partial charge is 0.394 e. The van der Waals surface area contributed by atoms with E-state index in [0.29, 0.717) is 17.5 Å². The molecule has 0 radical (unpaired) electrons. The smallest absolute Gasteiger partial charge is 0.263 e. The summed E-state index contributed by atoms with van der Waals surface area (Å²) in [6.07, 6.45) is 1.66. The van der Waals surface area contributed by atoms with Crippen LogP contribution in [0.3, 0.4) is 0 Å². The van der Waals surface area contributed by atoms with Crippen LogP contribution in [0.1, 0.15) is 40.3 Å². The number of nitrogens with zero attached hydrogens (tertiary/aromatic N) is 7. The Hall–Kier alpha value is -2.46. The van der Waals surface area contributed by atoms with Crippen molar-refractivity contribution in [1.29, 1.82) is 1.43 Å². The molecule has 2 N–H and O–H groups in total. The van der Waals surface area contributed by atoms with Gasteiger partial charge in [-0.1, -0.05) is 0 Å². The standard InChI is InChI=1S/C22H35N8O5P/c1-14(2)30(15(3)4)36(33-9-8-23-5)35-17-10-19(34-18(17)12-31)29-20-16(11-25-29)21(32)27-22(26-20)24-13-28(6)7/h11,13-15,17-19,31H,8-10,12H2,1-4,6-7H3,(H,26,27,32)/b24-13+/t17-,18-,19-,36?/m1/s1/i31T. The summed E-state index contributed by atoms with van der Waals surface area (Å²) >= 11 is 0. The van der Waals surface area contributed by atoms with E-state index in [1.165, 1.54) is 17.2 Å². The molecule has 13 nitrogen and oxygen atoms in total. The molecule has 0 spiro atoms. The molecule has 0 aliphatic carbocycles. The number of hydrogen-bond acceptors (Lipinski definition) is 9. The fraction of sp³-hybridized carbons (Fsp3) is 0.682. The number of H-pyrrole nitrogens is 1. The van der Waals surface area contributed by atoms with Gasteiger partial charge in [-0.2, -0.15) is 10.1 Å². The first-order valence-corrected chi connectivity index (χ1v) is 12.9. The molecule has 36 heavy (non-hydrogen) atoms. The summed E-state index contributed by atoms with van der Waals surface area (Å²) in [5.74, 6) is 0.144. The van der Waals surface area contributed by atoms with E-state index in [-0.39, 0.29) is 43.3 Å². The van der Waals surface area contributed by atoms with Gasteiger partial charge >= 0.3 is 0 Å². The zero-order valence-electron chi connectivity index (χ0n) is 22.5. The van der Waals surface area contributed by atoms with E-state index in [9.17, 15) is 4.79 Å². The Labute approximate surface area is 213 Å². The van der Waals surface area contributed by atoms with Gasteiger partial charge < -0.3 is 28.6 Å². The Morgan fingerprint density at radius 2 is 2.22 bits per heavy atom. The van der Waals surface area contributed by atoms with Crippen LogP contribution in [-0.4, -0.2) is 100 Å². The van der Waals surface area contributed by atoms with E-state index >= 15 is 0 Å². The van der Waals surface area contributed by atoms with Gasteiger partial charge in [0.2, 0.25) is 13.9 Å². The predicted molar refractivity (Wildman–Crippen MR) is 137 cm³/mol. The van der Waals surface area contributed by atoms with E-state index < -0.39 is 27.0 Å². The zero-order valence-corrected chi connectivity index (χ0v) is 22.4. The van der Waals surface area contributed by atoms with Crippen molar-refractivity contribution in [2.45, 2.75) is 64.6 Å². The fourth-order valence-electron chi connectivity index (χ4n) is 3.88. The first-order chi connectivity index (χ1) is 17.7. The minimum Gasteiger partial charge on any atom is -0.394 e. The first-order valence-electron chi connectivity index (χ1n) is 12.2. The summed E-state index contributed by atoms with van der Waals surface area (Å²) in [6.45, 7) is 15.8. The van der Waals surface area contributed by atoms with Crippen molar-refractivity contribution in [3.8, 4) is 0 Å². The molecular formula is C22H35N8O5P. The predicted octanol–water partition coefficient (Wildman–Crippen LogP) is 2.29. The molecule has 2 aromatic heterocycles. The number of hydrogen-bond donors (Lipinski definition) is 2. The maximum atomic E-state index is 12.6. The van der Waals surface area contributed by atoms with Gasteiger partial charge in [0.1, 0.15) is 18.1 Å². The molecule has 3 rings (SSSR count). The molecule has 0 saturated carbocycles. The average Bonchev–Trinajstić information content (AvgIpc) is 3.42. The van der Waals surface area contributed by atoms with Crippen LogP contribution in [0.4, 0.5) is 5.95 Å². The molecule has 14 heteroatoms. The van der Waals surface area contributed by atoms with E-state index in [1.807, 2.05) is 14.1 Å².